The molecule has 4 heterocycles. The number of ether oxygens (including phenoxy) is 2. The third-order valence-electron chi connectivity index (χ3n) is 15.1. The SMILES string of the molecule is COC(=O)NC(C(=O)N1CCCC1C1=Nc2ccc(-c3ccc(-c4ccc(-c5cnc(C6CC7CC7N6C(=O)C(NC(=O)OC)C(C)C)[nH]5)cc4)c4c3CC3CCC43)cc2C1)C(C)C. The predicted molar refractivity (Wildman–Crippen MR) is 244 cm³/mol. The number of carbonyl (C=O) groups is 4. The maximum Gasteiger partial charge on any atom is 0.407 e. The molecule has 2 saturated heterocycles. The lowest BCUT2D eigenvalue weighted by Crippen LogP contribution is -2.53. The highest BCUT2D eigenvalue weighted by Crippen LogP contribution is 2.57. The van der Waals surface area contributed by atoms with Gasteiger partial charge in [-0.2, -0.15) is 0 Å². The lowest BCUT2D eigenvalue weighted by atomic mass is 9.73. The molecule has 0 bridgehead atoms. The quantitative estimate of drug-likeness (QED) is 0.136. The van der Waals surface area contributed by atoms with Gasteiger partial charge in [-0.15, -0.1) is 0 Å². The summed E-state index contributed by atoms with van der Waals surface area (Å²) in [6.07, 6.45) is 8.54. The average molecular weight is 866 g/mol. The van der Waals surface area contributed by atoms with E-state index in [1.807, 2.05) is 43.7 Å². The number of likely N-dealkylation sites (tertiary alicyclic amines) is 2. The van der Waals surface area contributed by atoms with Gasteiger partial charge in [-0.3, -0.25) is 14.6 Å². The fourth-order valence-corrected chi connectivity index (χ4v) is 11.5. The van der Waals surface area contributed by atoms with Crippen molar-refractivity contribution in [2.24, 2.45) is 28.7 Å². The molecule has 3 N–H and O–H groups in total. The van der Waals surface area contributed by atoms with Gasteiger partial charge >= 0.3 is 12.2 Å². The minimum absolute atomic E-state index is 0.0810. The number of nitrogens with zero attached hydrogens (tertiary/aromatic N) is 4. The van der Waals surface area contributed by atoms with Crippen molar-refractivity contribution in [3.8, 4) is 33.5 Å². The summed E-state index contributed by atoms with van der Waals surface area (Å²) in [5.74, 6) is 2.14. The van der Waals surface area contributed by atoms with Gasteiger partial charge in [0, 0.05) is 24.7 Å². The summed E-state index contributed by atoms with van der Waals surface area (Å²) >= 11 is 0. The fourth-order valence-electron chi connectivity index (χ4n) is 11.5. The van der Waals surface area contributed by atoms with Gasteiger partial charge in [0.2, 0.25) is 11.8 Å². The van der Waals surface area contributed by atoms with Gasteiger partial charge in [-0.25, -0.2) is 14.6 Å². The van der Waals surface area contributed by atoms with E-state index in [1.165, 1.54) is 66.0 Å². The molecule has 334 valence electrons. The molecule has 10 rings (SSSR count). The number of hydrogen-bond acceptors (Lipinski definition) is 8. The minimum atomic E-state index is -0.671. The molecule has 8 unspecified atom stereocenters. The van der Waals surface area contributed by atoms with E-state index in [1.54, 1.807) is 0 Å². The summed E-state index contributed by atoms with van der Waals surface area (Å²) in [5.41, 5.74) is 13.1. The Morgan fingerprint density at radius 1 is 0.766 bits per heavy atom. The fraction of sp³-hybridized carbons (Fsp3) is 0.490. The van der Waals surface area contributed by atoms with E-state index in [0.717, 1.165) is 60.6 Å². The van der Waals surface area contributed by atoms with E-state index in [0.29, 0.717) is 30.7 Å². The number of piperidine rings is 1. The van der Waals surface area contributed by atoms with Gasteiger partial charge in [0.25, 0.3) is 0 Å². The van der Waals surface area contributed by atoms with Crippen molar-refractivity contribution in [2.45, 2.75) is 115 Å². The highest BCUT2D eigenvalue weighted by Gasteiger charge is 2.56. The molecule has 6 aliphatic rings. The van der Waals surface area contributed by atoms with Gasteiger partial charge in [-0.05, 0) is 131 Å². The summed E-state index contributed by atoms with van der Waals surface area (Å²) < 4.78 is 9.66. The first kappa shape index (κ1) is 42.0. The zero-order valence-electron chi connectivity index (χ0n) is 37.6. The van der Waals surface area contributed by atoms with E-state index in [4.69, 9.17) is 19.5 Å². The Hall–Kier alpha value is -5.98. The number of H-pyrrole nitrogens is 1. The molecule has 4 aromatic rings. The van der Waals surface area contributed by atoms with Gasteiger partial charge < -0.3 is 34.9 Å². The summed E-state index contributed by atoms with van der Waals surface area (Å²) in [5, 5.41) is 5.52. The molecule has 3 aromatic carbocycles. The zero-order chi connectivity index (χ0) is 44.6. The smallest absolute Gasteiger partial charge is 0.407 e. The molecule has 13 nitrogen and oxygen atoms in total. The van der Waals surface area contributed by atoms with Crippen LogP contribution in [0.1, 0.15) is 101 Å². The van der Waals surface area contributed by atoms with Crippen LogP contribution in [0.25, 0.3) is 33.5 Å². The van der Waals surface area contributed by atoms with Crippen LogP contribution in [0.4, 0.5) is 15.3 Å². The Morgan fingerprint density at radius 3 is 2.14 bits per heavy atom. The number of aliphatic imine (C=N–C) groups is 1. The van der Waals surface area contributed by atoms with Crippen molar-refractivity contribution in [2.75, 3.05) is 20.8 Å². The standard InChI is InChI=1S/C51H59N7O6/c1-26(2)45(55-50(61)63-5)48(59)57-19-7-8-41(57)39-22-32-20-30(14-18-38(32)53-39)34-16-17-35(44-36-15-13-31(36)21-37(34)44)28-9-11-29(12-10-28)40-25-52-47(54-40)43-24-33-23-42(33)58(43)49(60)46(27(3)4)56-51(62)64-6/h9-12,14,16-18,20,25-27,31,33,36,41-43,45-46H,7-8,13,15,19,21-24H2,1-6H3,(H,52,54)(H,55,61)(H,56,62). The van der Waals surface area contributed by atoms with Gasteiger partial charge in [0.05, 0.1) is 43.9 Å². The van der Waals surface area contributed by atoms with Crippen LogP contribution in [0.15, 0.2) is 65.8 Å². The summed E-state index contributed by atoms with van der Waals surface area (Å²) in [4.78, 5) is 69.3. The second-order valence-corrected chi connectivity index (χ2v) is 19.5. The van der Waals surface area contributed by atoms with Crippen molar-refractivity contribution in [3.63, 3.8) is 0 Å². The third-order valence-corrected chi connectivity index (χ3v) is 15.1. The molecular formula is C51H59N7O6. The number of methoxy groups -OCH3 is 2. The van der Waals surface area contributed by atoms with E-state index in [2.05, 4.69) is 70.2 Å². The Balaban J connectivity index is 0.863. The number of carbonyl (C=O) groups excluding carboxylic acids is 4. The van der Waals surface area contributed by atoms with Crippen LogP contribution in [0.5, 0.6) is 0 Å². The Morgan fingerprint density at radius 2 is 1.45 bits per heavy atom. The number of rotatable bonds is 11. The number of benzene rings is 3. The third kappa shape index (κ3) is 7.34. The predicted octanol–water partition coefficient (Wildman–Crippen LogP) is 8.50. The minimum Gasteiger partial charge on any atom is -0.453 e. The van der Waals surface area contributed by atoms with Crippen molar-refractivity contribution in [1.29, 1.82) is 0 Å². The lowest BCUT2D eigenvalue weighted by molar-refractivity contribution is -0.137. The highest BCUT2D eigenvalue weighted by molar-refractivity contribution is 6.01. The van der Waals surface area contributed by atoms with Crippen molar-refractivity contribution < 1.29 is 28.7 Å². The molecule has 4 fully saturated rings. The van der Waals surface area contributed by atoms with Gasteiger partial charge in [0.1, 0.15) is 17.9 Å². The lowest BCUT2D eigenvalue weighted by Gasteiger charge is -2.32. The number of nitrogens with one attached hydrogen (secondary N) is 3. The maximum atomic E-state index is 13.9. The summed E-state index contributed by atoms with van der Waals surface area (Å²) in [6.45, 7) is 8.39. The molecule has 0 radical (unpaired) electrons. The topological polar surface area (TPSA) is 158 Å². The van der Waals surface area contributed by atoms with Crippen molar-refractivity contribution in [3.05, 3.63) is 83.3 Å². The molecule has 4 amide bonds. The number of amides is 4. The summed E-state index contributed by atoms with van der Waals surface area (Å²) in [7, 11) is 2.63. The molecular weight excluding hydrogens is 807 g/mol. The number of fused-ring (bicyclic) bond motifs is 5. The highest BCUT2D eigenvalue weighted by atomic mass is 16.5. The van der Waals surface area contributed by atoms with Crippen molar-refractivity contribution >= 4 is 35.4 Å². The van der Waals surface area contributed by atoms with Crippen LogP contribution < -0.4 is 10.6 Å². The number of hydrogen-bond donors (Lipinski definition) is 3. The van der Waals surface area contributed by atoms with Crippen LogP contribution in [-0.2, 0) is 31.9 Å². The summed E-state index contributed by atoms with van der Waals surface area (Å²) in [6, 6.07) is 18.7. The van der Waals surface area contributed by atoms with Gasteiger partial charge in [0.15, 0.2) is 0 Å². The van der Waals surface area contributed by atoms with E-state index in [9.17, 15) is 19.2 Å². The van der Waals surface area contributed by atoms with Crippen LogP contribution in [0.2, 0.25) is 0 Å². The Kier molecular flexibility index (Phi) is 10.9. The largest absolute Gasteiger partial charge is 0.453 e. The first-order valence-corrected chi connectivity index (χ1v) is 23.3. The number of aromatic amines is 1. The first-order valence-electron chi connectivity index (χ1n) is 23.3. The Bertz CT molecular complexity index is 2550. The van der Waals surface area contributed by atoms with E-state index < -0.39 is 24.3 Å². The molecule has 3 aliphatic heterocycles. The van der Waals surface area contributed by atoms with Gasteiger partial charge in [-0.1, -0.05) is 70.2 Å². The molecule has 1 aromatic heterocycles. The number of imidazole rings is 1. The van der Waals surface area contributed by atoms with Crippen molar-refractivity contribution in [1.82, 2.24) is 30.4 Å². The number of alkyl carbamates (subject to hydrolysis) is 2. The van der Waals surface area contributed by atoms with Crippen LogP contribution >= 0.6 is 0 Å². The normalized spacial score (nSPS) is 24.6. The van der Waals surface area contributed by atoms with Crippen LogP contribution in [0, 0.1) is 23.7 Å². The Labute approximate surface area is 374 Å². The molecule has 2 saturated carbocycles. The second-order valence-electron chi connectivity index (χ2n) is 19.5. The van der Waals surface area contributed by atoms with E-state index >= 15 is 0 Å². The molecule has 64 heavy (non-hydrogen) atoms. The average Bonchev–Trinajstić information content (AvgIpc) is 3.87. The van der Waals surface area contributed by atoms with E-state index in [-0.39, 0.29) is 41.8 Å². The monoisotopic (exact) mass is 865 g/mol. The molecule has 3 aliphatic carbocycles. The zero-order valence-corrected chi connectivity index (χ0v) is 37.6. The van der Waals surface area contributed by atoms with Crippen LogP contribution in [0.3, 0.4) is 0 Å². The molecule has 13 heteroatoms. The second kappa shape index (κ2) is 16.5. The first-order chi connectivity index (χ1) is 30.9. The maximum absolute atomic E-state index is 13.9. The van der Waals surface area contributed by atoms with Crippen LogP contribution in [-0.4, -0.2) is 94.4 Å². The number of aromatic nitrogens is 2. The molecule has 8 atom stereocenters. The molecule has 0 spiro atoms.